The van der Waals surface area contributed by atoms with E-state index in [2.05, 4.69) is 39.9 Å². The van der Waals surface area contributed by atoms with Crippen molar-refractivity contribution >= 4 is 17.1 Å². The molecule has 2 aromatic heterocycles. The first-order valence-electron chi connectivity index (χ1n) is 10.7. The Morgan fingerprint density at radius 3 is 2.90 bits per heavy atom. The van der Waals surface area contributed by atoms with E-state index in [4.69, 9.17) is 9.15 Å². The van der Waals surface area contributed by atoms with E-state index in [1.54, 1.807) is 0 Å². The molecule has 154 valence electrons. The van der Waals surface area contributed by atoms with Gasteiger partial charge in [0.25, 0.3) is 6.01 Å². The van der Waals surface area contributed by atoms with Crippen LogP contribution >= 0.6 is 0 Å². The molecule has 2 fully saturated rings. The molecule has 7 heteroatoms. The summed E-state index contributed by atoms with van der Waals surface area (Å²) >= 11 is 0. The zero-order valence-corrected chi connectivity index (χ0v) is 17.2. The normalized spacial score (nSPS) is 25.9. The highest BCUT2D eigenvalue weighted by Crippen LogP contribution is 2.35. The lowest BCUT2D eigenvalue weighted by atomic mass is 9.96. The van der Waals surface area contributed by atoms with E-state index in [1.165, 1.54) is 5.56 Å². The van der Waals surface area contributed by atoms with E-state index < -0.39 is 0 Å². The van der Waals surface area contributed by atoms with Crippen LogP contribution in [0.1, 0.15) is 31.9 Å². The minimum absolute atomic E-state index is 0.167. The lowest BCUT2D eigenvalue weighted by Crippen LogP contribution is -2.53. The van der Waals surface area contributed by atoms with Gasteiger partial charge in [0.05, 0.1) is 12.3 Å². The molecule has 0 bridgehead atoms. The largest absolute Gasteiger partial charge is 0.423 e. The number of benzene rings is 1. The van der Waals surface area contributed by atoms with Crippen molar-refractivity contribution in [3.63, 3.8) is 0 Å². The molecule has 4 heterocycles. The number of aryl methyl sites for hydroxylation is 1. The van der Waals surface area contributed by atoms with Crippen molar-refractivity contribution in [1.82, 2.24) is 19.7 Å². The third kappa shape index (κ3) is 3.65. The Morgan fingerprint density at radius 1 is 1.21 bits per heavy atom. The van der Waals surface area contributed by atoms with Crippen LogP contribution in [-0.2, 0) is 11.3 Å². The van der Waals surface area contributed by atoms with Gasteiger partial charge in [-0.05, 0) is 32.4 Å². The molecule has 0 amide bonds. The first kappa shape index (κ1) is 18.6. The van der Waals surface area contributed by atoms with Crippen LogP contribution in [0.15, 0.2) is 41.1 Å². The summed E-state index contributed by atoms with van der Waals surface area (Å²) in [5.74, 6) is 0.521. The summed E-state index contributed by atoms with van der Waals surface area (Å²) in [6.07, 6.45) is 5.39. The van der Waals surface area contributed by atoms with Gasteiger partial charge < -0.3 is 14.1 Å². The third-order valence-electron chi connectivity index (χ3n) is 6.25. The lowest BCUT2D eigenvalue weighted by Gasteiger charge is -2.40. The number of rotatable bonds is 5. The van der Waals surface area contributed by atoms with Crippen LogP contribution in [0.4, 0.5) is 6.01 Å². The topological polar surface area (TPSA) is 59.6 Å². The molecule has 2 aliphatic heterocycles. The van der Waals surface area contributed by atoms with E-state index in [-0.39, 0.29) is 6.10 Å². The number of hydrogen-bond acceptors (Lipinski definition) is 6. The Morgan fingerprint density at radius 2 is 2.10 bits per heavy atom. The van der Waals surface area contributed by atoms with Crippen molar-refractivity contribution < 1.29 is 9.15 Å². The second-order valence-corrected chi connectivity index (χ2v) is 8.24. The molecule has 3 aromatic rings. The van der Waals surface area contributed by atoms with Crippen LogP contribution in [0.25, 0.3) is 11.1 Å². The smallest absolute Gasteiger partial charge is 0.298 e. The third-order valence-corrected chi connectivity index (χ3v) is 6.25. The molecule has 0 radical (unpaired) electrons. The number of para-hydroxylation sites is 2. The lowest BCUT2D eigenvalue weighted by molar-refractivity contribution is 0.0750. The summed E-state index contributed by atoms with van der Waals surface area (Å²) in [6, 6.07) is 9.08. The monoisotopic (exact) mass is 395 g/mol. The average molecular weight is 396 g/mol. The Hall–Kier alpha value is -2.38. The van der Waals surface area contributed by atoms with Crippen molar-refractivity contribution in [3.05, 3.63) is 42.2 Å². The van der Waals surface area contributed by atoms with Crippen molar-refractivity contribution in [2.45, 2.75) is 39.0 Å². The molecule has 7 nitrogen and oxygen atoms in total. The fourth-order valence-electron chi connectivity index (χ4n) is 4.69. The standard InChI is InChI=1S/C22H29N5O2/c1-3-26-15-18(12-23-26)21-17(8-11-28-21)14-25-9-10-27(16(2)13-25)22-24-19-6-4-5-7-20(19)29-22/h4-7,12,15-17,21H,3,8-11,13-14H2,1-2H3/t16?,17-,21+/m0/s1. The van der Waals surface area contributed by atoms with Crippen molar-refractivity contribution in [1.29, 1.82) is 0 Å². The summed E-state index contributed by atoms with van der Waals surface area (Å²) in [4.78, 5) is 9.55. The van der Waals surface area contributed by atoms with Crippen LogP contribution < -0.4 is 4.90 Å². The molecule has 1 aromatic carbocycles. The van der Waals surface area contributed by atoms with Crippen LogP contribution in [0.5, 0.6) is 0 Å². The molecule has 0 aliphatic carbocycles. The Bertz CT molecular complexity index is 934. The number of aromatic nitrogens is 3. The molecular formula is C22H29N5O2. The highest BCUT2D eigenvalue weighted by atomic mass is 16.5. The van der Waals surface area contributed by atoms with Gasteiger partial charge in [0, 0.05) is 63.1 Å². The highest BCUT2D eigenvalue weighted by Gasteiger charge is 2.34. The van der Waals surface area contributed by atoms with E-state index in [1.807, 2.05) is 35.1 Å². The average Bonchev–Trinajstić information content (AvgIpc) is 3.46. The Balaban J connectivity index is 1.23. The highest BCUT2D eigenvalue weighted by molar-refractivity contribution is 5.74. The molecule has 0 saturated carbocycles. The van der Waals surface area contributed by atoms with Crippen molar-refractivity contribution in [2.24, 2.45) is 5.92 Å². The molecule has 3 atom stereocenters. The summed E-state index contributed by atoms with van der Waals surface area (Å²) in [6.45, 7) is 10.1. The number of fused-ring (bicyclic) bond motifs is 1. The Kier molecular flexibility index (Phi) is 5.01. The number of oxazole rings is 1. The van der Waals surface area contributed by atoms with Crippen LogP contribution in [0.3, 0.4) is 0 Å². The number of piperazine rings is 1. The molecule has 29 heavy (non-hydrogen) atoms. The molecular weight excluding hydrogens is 366 g/mol. The quantitative estimate of drug-likeness (QED) is 0.660. The van der Waals surface area contributed by atoms with Gasteiger partial charge >= 0.3 is 0 Å². The summed E-state index contributed by atoms with van der Waals surface area (Å²) in [5.41, 5.74) is 3.00. The predicted molar refractivity (Wildman–Crippen MR) is 112 cm³/mol. The summed E-state index contributed by atoms with van der Waals surface area (Å²) in [7, 11) is 0. The first-order valence-corrected chi connectivity index (χ1v) is 10.7. The van der Waals surface area contributed by atoms with Gasteiger partial charge in [0.15, 0.2) is 5.58 Å². The minimum atomic E-state index is 0.167. The van der Waals surface area contributed by atoms with Crippen molar-refractivity contribution in [3.8, 4) is 0 Å². The van der Waals surface area contributed by atoms with Gasteiger partial charge in [-0.15, -0.1) is 0 Å². The molecule has 5 rings (SSSR count). The molecule has 2 saturated heterocycles. The number of ether oxygens (including phenoxy) is 1. The van der Waals surface area contributed by atoms with Gasteiger partial charge in [-0.3, -0.25) is 9.58 Å². The number of hydrogen-bond donors (Lipinski definition) is 0. The van der Waals surface area contributed by atoms with Crippen LogP contribution in [0, 0.1) is 5.92 Å². The molecule has 1 unspecified atom stereocenters. The van der Waals surface area contributed by atoms with Crippen LogP contribution in [-0.4, -0.2) is 58.5 Å². The fourth-order valence-corrected chi connectivity index (χ4v) is 4.69. The second-order valence-electron chi connectivity index (χ2n) is 8.24. The van der Waals surface area contributed by atoms with Gasteiger partial charge in [-0.1, -0.05) is 12.1 Å². The van der Waals surface area contributed by atoms with Gasteiger partial charge in [-0.2, -0.15) is 10.1 Å². The predicted octanol–water partition coefficient (Wildman–Crippen LogP) is 3.33. The maximum Gasteiger partial charge on any atom is 0.298 e. The van der Waals surface area contributed by atoms with E-state index in [9.17, 15) is 0 Å². The van der Waals surface area contributed by atoms with E-state index >= 15 is 0 Å². The van der Waals surface area contributed by atoms with Gasteiger partial charge in [-0.25, -0.2) is 0 Å². The summed E-state index contributed by atoms with van der Waals surface area (Å²) < 4.78 is 14.1. The SMILES string of the molecule is CCn1cc([C@@H]2OCC[C@H]2CN2CCN(c3nc4ccccc4o3)C(C)C2)cn1. The fraction of sp³-hybridized carbons (Fsp3) is 0.545. The first-order chi connectivity index (χ1) is 14.2. The summed E-state index contributed by atoms with van der Waals surface area (Å²) in [5, 5.41) is 4.43. The molecule has 0 spiro atoms. The maximum atomic E-state index is 6.09. The van der Waals surface area contributed by atoms with E-state index in [0.29, 0.717) is 12.0 Å². The zero-order chi connectivity index (χ0) is 19.8. The molecule has 0 N–H and O–H groups in total. The van der Waals surface area contributed by atoms with Crippen LogP contribution in [0.2, 0.25) is 0 Å². The van der Waals surface area contributed by atoms with Crippen molar-refractivity contribution in [2.75, 3.05) is 37.7 Å². The zero-order valence-electron chi connectivity index (χ0n) is 17.2. The second kappa shape index (κ2) is 7.80. The maximum absolute atomic E-state index is 6.09. The minimum Gasteiger partial charge on any atom is -0.423 e. The number of nitrogens with zero attached hydrogens (tertiary/aromatic N) is 5. The van der Waals surface area contributed by atoms with Gasteiger partial charge in [0.1, 0.15) is 5.52 Å². The Labute approximate surface area is 171 Å². The van der Waals surface area contributed by atoms with E-state index in [0.717, 1.165) is 62.9 Å². The number of anilines is 1. The van der Waals surface area contributed by atoms with Gasteiger partial charge in [0.2, 0.25) is 0 Å². The molecule has 2 aliphatic rings.